The number of nitrogens with zero attached hydrogens (tertiary/aromatic N) is 5. The zero-order valence-corrected chi connectivity index (χ0v) is 11.5. The van der Waals surface area contributed by atoms with Crippen molar-refractivity contribution < 1.29 is 0 Å². The van der Waals surface area contributed by atoms with Crippen molar-refractivity contribution in [2.45, 2.75) is 18.8 Å². The summed E-state index contributed by atoms with van der Waals surface area (Å²) in [6.07, 6.45) is 9.09. The van der Waals surface area contributed by atoms with Crippen LogP contribution in [0.2, 0.25) is 0 Å². The molecular weight excluding hydrogens is 252 g/mol. The predicted molar refractivity (Wildman–Crippen MR) is 76.8 cm³/mol. The molecule has 0 saturated carbocycles. The van der Waals surface area contributed by atoms with Crippen LogP contribution in [0.5, 0.6) is 0 Å². The Morgan fingerprint density at radius 2 is 1.70 bits per heavy atom. The lowest BCUT2D eigenvalue weighted by Gasteiger charge is -2.29. The summed E-state index contributed by atoms with van der Waals surface area (Å²) in [6, 6.07) is 1.79. The zero-order chi connectivity index (χ0) is 13.8. The molecule has 1 N–H and O–H groups in total. The Balaban J connectivity index is 1.81. The van der Waals surface area contributed by atoms with Crippen molar-refractivity contribution in [3.05, 3.63) is 36.5 Å². The SMILES string of the molecule is CN1CCC(c2nccnc2Nc2ncccn2)CC1. The van der Waals surface area contributed by atoms with Gasteiger partial charge in [0.2, 0.25) is 5.95 Å². The minimum Gasteiger partial charge on any atom is -0.307 e. The van der Waals surface area contributed by atoms with Gasteiger partial charge in [-0.3, -0.25) is 4.98 Å². The van der Waals surface area contributed by atoms with Crippen molar-refractivity contribution in [1.82, 2.24) is 24.8 Å². The normalized spacial score (nSPS) is 17.1. The molecule has 0 aromatic carbocycles. The maximum Gasteiger partial charge on any atom is 0.228 e. The molecule has 0 aliphatic carbocycles. The topological polar surface area (TPSA) is 66.8 Å². The summed E-state index contributed by atoms with van der Waals surface area (Å²) < 4.78 is 0. The molecule has 104 valence electrons. The first-order chi connectivity index (χ1) is 9.83. The molecule has 1 fully saturated rings. The quantitative estimate of drug-likeness (QED) is 0.917. The Morgan fingerprint density at radius 1 is 1.00 bits per heavy atom. The van der Waals surface area contributed by atoms with Crippen molar-refractivity contribution in [1.29, 1.82) is 0 Å². The summed E-state index contributed by atoms with van der Waals surface area (Å²) in [5.74, 6) is 1.78. The highest BCUT2D eigenvalue weighted by molar-refractivity contribution is 5.51. The van der Waals surface area contributed by atoms with Gasteiger partial charge in [0.25, 0.3) is 0 Å². The fourth-order valence-electron chi connectivity index (χ4n) is 2.50. The third-order valence-corrected chi connectivity index (χ3v) is 3.63. The lowest BCUT2D eigenvalue weighted by Crippen LogP contribution is -2.29. The van der Waals surface area contributed by atoms with Gasteiger partial charge in [-0.25, -0.2) is 15.0 Å². The molecular formula is C14H18N6. The van der Waals surface area contributed by atoms with Gasteiger partial charge in [-0.1, -0.05) is 0 Å². The maximum absolute atomic E-state index is 4.52. The number of likely N-dealkylation sites (tertiary alicyclic amines) is 1. The third-order valence-electron chi connectivity index (χ3n) is 3.63. The molecule has 0 radical (unpaired) electrons. The summed E-state index contributed by atoms with van der Waals surface area (Å²) in [7, 11) is 2.16. The lowest BCUT2D eigenvalue weighted by atomic mass is 9.93. The van der Waals surface area contributed by atoms with Gasteiger partial charge in [-0.05, 0) is 39.0 Å². The first-order valence-electron chi connectivity index (χ1n) is 6.86. The second-order valence-electron chi connectivity index (χ2n) is 5.07. The van der Waals surface area contributed by atoms with Crippen LogP contribution in [0.4, 0.5) is 11.8 Å². The molecule has 0 atom stereocenters. The van der Waals surface area contributed by atoms with Crippen molar-refractivity contribution in [2.24, 2.45) is 0 Å². The number of hydrogen-bond donors (Lipinski definition) is 1. The number of nitrogens with one attached hydrogen (secondary N) is 1. The molecule has 3 heterocycles. The largest absolute Gasteiger partial charge is 0.307 e. The van der Waals surface area contributed by atoms with E-state index in [4.69, 9.17) is 0 Å². The van der Waals surface area contributed by atoms with Gasteiger partial charge in [-0.2, -0.15) is 0 Å². The van der Waals surface area contributed by atoms with Crippen LogP contribution in [0.15, 0.2) is 30.9 Å². The van der Waals surface area contributed by atoms with Gasteiger partial charge in [0.15, 0.2) is 5.82 Å². The summed E-state index contributed by atoms with van der Waals surface area (Å²) in [4.78, 5) is 19.6. The number of hydrogen-bond acceptors (Lipinski definition) is 6. The van der Waals surface area contributed by atoms with E-state index in [1.54, 1.807) is 30.9 Å². The summed E-state index contributed by atoms with van der Waals surface area (Å²) in [5, 5.41) is 3.17. The molecule has 0 amide bonds. The number of anilines is 2. The standard InChI is InChI=1S/C14H18N6/c1-20-9-3-11(4-10-20)12-13(16-8-7-15-12)19-14-17-5-2-6-18-14/h2,5-8,11H,3-4,9-10H2,1H3,(H,16,17,18,19). The molecule has 1 aliphatic heterocycles. The highest BCUT2D eigenvalue weighted by atomic mass is 15.1. The first kappa shape index (κ1) is 12.9. The molecule has 6 nitrogen and oxygen atoms in total. The Bertz CT molecular complexity index is 551. The van der Waals surface area contributed by atoms with Crippen LogP contribution in [0.3, 0.4) is 0 Å². The molecule has 20 heavy (non-hydrogen) atoms. The third kappa shape index (κ3) is 2.91. The van der Waals surface area contributed by atoms with Crippen molar-refractivity contribution in [3.63, 3.8) is 0 Å². The van der Waals surface area contributed by atoms with E-state index in [1.165, 1.54) is 0 Å². The number of rotatable bonds is 3. The van der Waals surface area contributed by atoms with E-state index in [1.807, 2.05) is 0 Å². The predicted octanol–water partition coefficient (Wildman–Crippen LogP) is 1.82. The summed E-state index contributed by atoms with van der Waals surface area (Å²) >= 11 is 0. The molecule has 0 bridgehead atoms. The fraction of sp³-hybridized carbons (Fsp3) is 0.429. The highest BCUT2D eigenvalue weighted by Gasteiger charge is 2.22. The Kier molecular flexibility index (Phi) is 3.83. The molecule has 2 aromatic rings. The van der Waals surface area contributed by atoms with E-state index < -0.39 is 0 Å². The minimum atomic E-state index is 0.450. The van der Waals surface area contributed by atoms with Crippen molar-refractivity contribution in [3.8, 4) is 0 Å². The van der Waals surface area contributed by atoms with E-state index in [0.29, 0.717) is 11.9 Å². The van der Waals surface area contributed by atoms with Crippen LogP contribution < -0.4 is 5.32 Å². The minimum absolute atomic E-state index is 0.450. The summed E-state index contributed by atoms with van der Waals surface area (Å²) in [5.41, 5.74) is 1.02. The van der Waals surface area contributed by atoms with E-state index >= 15 is 0 Å². The van der Waals surface area contributed by atoms with Gasteiger partial charge in [-0.15, -0.1) is 0 Å². The first-order valence-corrected chi connectivity index (χ1v) is 6.86. The second kappa shape index (κ2) is 5.92. The van der Waals surface area contributed by atoms with Crippen LogP contribution in [-0.4, -0.2) is 45.0 Å². The monoisotopic (exact) mass is 270 g/mol. The fourth-order valence-corrected chi connectivity index (χ4v) is 2.50. The van der Waals surface area contributed by atoms with Gasteiger partial charge in [0, 0.05) is 30.7 Å². The van der Waals surface area contributed by atoms with Crippen LogP contribution >= 0.6 is 0 Å². The van der Waals surface area contributed by atoms with Crippen molar-refractivity contribution in [2.75, 3.05) is 25.5 Å². The smallest absolute Gasteiger partial charge is 0.228 e. The van der Waals surface area contributed by atoms with E-state index in [2.05, 4.69) is 37.2 Å². The molecule has 3 rings (SSSR count). The van der Waals surface area contributed by atoms with Crippen LogP contribution in [0.1, 0.15) is 24.5 Å². The number of piperidine rings is 1. The molecule has 1 aliphatic rings. The number of aromatic nitrogens is 4. The highest BCUT2D eigenvalue weighted by Crippen LogP contribution is 2.30. The van der Waals surface area contributed by atoms with Gasteiger partial charge >= 0.3 is 0 Å². The second-order valence-corrected chi connectivity index (χ2v) is 5.07. The average Bonchev–Trinajstić information content (AvgIpc) is 2.50. The van der Waals surface area contributed by atoms with Gasteiger partial charge in [0.05, 0.1) is 5.69 Å². The molecule has 0 spiro atoms. The van der Waals surface area contributed by atoms with E-state index in [-0.39, 0.29) is 0 Å². The van der Waals surface area contributed by atoms with Crippen LogP contribution in [0, 0.1) is 0 Å². The zero-order valence-electron chi connectivity index (χ0n) is 11.5. The Labute approximate surface area is 118 Å². The maximum atomic E-state index is 4.52. The molecule has 6 heteroatoms. The van der Waals surface area contributed by atoms with Crippen LogP contribution in [-0.2, 0) is 0 Å². The lowest BCUT2D eigenvalue weighted by molar-refractivity contribution is 0.253. The Morgan fingerprint density at radius 3 is 2.45 bits per heavy atom. The average molecular weight is 270 g/mol. The molecule has 1 saturated heterocycles. The van der Waals surface area contributed by atoms with Crippen LogP contribution in [0.25, 0.3) is 0 Å². The molecule has 0 unspecified atom stereocenters. The van der Waals surface area contributed by atoms with Crippen molar-refractivity contribution >= 4 is 11.8 Å². The van der Waals surface area contributed by atoms with E-state index in [9.17, 15) is 0 Å². The summed E-state index contributed by atoms with van der Waals surface area (Å²) in [6.45, 7) is 2.20. The Hall–Kier alpha value is -2.08. The van der Waals surface area contributed by atoms with Gasteiger partial charge < -0.3 is 10.2 Å². The van der Waals surface area contributed by atoms with Gasteiger partial charge in [0.1, 0.15) is 0 Å². The molecule has 2 aromatic heterocycles. The van der Waals surface area contributed by atoms with E-state index in [0.717, 1.165) is 37.4 Å².